The largest absolute Gasteiger partial charge is 0.509 e. The Labute approximate surface area is 185 Å². The van der Waals surface area contributed by atoms with Gasteiger partial charge in [-0.3, -0.25) is 9.59 Å². The number of benzene rings is 2. The molecule has 1 heterocycles. The van der Waals surface area contributed by atoms with Crippen LogP contribution in [0, 0.1) is 11.6 Å². The van der Waals surface area contributed by atoms with E-state index >= 15 is 0 Å². The number of carbonyl (C=O) groups is 2. The van der Waals surface area contributed by atoms with Crippen molar-refractivity contribution in [1.29, 1.82) is 0 Å². The number of aliphatic hydroxyl groups is 1. The van der Waals surface area contributed by atoms with Crippen molar-refractivity contribution in [2.75, 3.05) is 5.32 Å². The van der Waals surface area contributed by atoms with Crippen LogP contribution in [0.4, 0.5) is 14.5 Å². The second kappa shape index (κ2) is 8.73. The van der Waals surface area contributed by atoms with E-state index in [2.05, 4.69) is 10.6 Å². The van der Waals surface area contributed by atoms with Crippen molar-refractivity contribution in [3.8, 4) is 0 Å². The second-order valence-electron chi connectivity index (χ2n) is 8.81. The molecule has 1 aliphatic carbocycles. The Bertz CT molecular complexity index is 1080. The van der Waals surface area contributed by atoms with E-state index < -0.39 is 40.3 Å². The first-order valence-electron chi connectivity index (χ1n) is 10.9. The molecule has 2 amide bonds. The fourth-order valence-corrected chi connectivity index (χ4v) is 4.63. The van der Waals surface area contributed by atoms with E-state index in [1.165, 1.54) is 43.9 Å². The van der Waals surface area contributed by atoms with Gasteiger partial charge in [0.15, 0.2) is 11.6 Å². The maximum Gasteiger partial charge on any atom is 0.264 e. The summed E-state index contributed by atoms with van der Waals surface area (Å²) < 4.78 is 27.6. The Morgan fingerprint density at radius 2 is 1.81 bits per heavy atom. The summed E-state index contributed by atoms with van der Waals surface area (Å²) in [6.45, 7) is 1.46. The molecule has 1 atom stereocenters. The summed E-state index contributed by atoms with van der Waals surface area (Å²) >= 11 is 0. The molecule has 0 spiro atoms. The standard InChI is InChI=1S/C25H26F2N2O3/c1-25(14-17-8-5-9-19(26)21(17)27)22(30)20(24(32)29-25)23(31)28-18-12-10-16(11-13-18)15-6-3-2-4-7-15/h5,8-13,15,30H,2-4,6-7,14H2,1H3,(H,28,31)(H,29,32). The van der Waals surface area contributed by atoms with Crippen LogP contribution in [0.25, 0.3) is 0 Å². The third-order valence-corrected chi connectivity index (χ3v) is 6.42. The quantitative estimate of drug-likeness (QED) is 0.579. The first-order valence-corrected chi connectivity index (χ1v) is 10.9. The number of halogens is 2. The number of rotatable bonds is 5. The monoisotopic (exact) mass is 440 g/mol. The van der Waals surface area contributed by atoms with Crippen molar-refractivity contribution in [1.82, 2.24) is 5.32 Å². The molecule has 168 valence electrons. The van der Waals surface area contributed by atoms with Crippen LogP contribution in [0.1, 0.15) is 56.1 Å². The lowest BCUT2D eigenvalue weighted by molar-refractivity contribution is -0.121. The van der Waals surface area contributed by atoms with Gasteiger partial charge in [-0.05, 0) is 55.0 Å². The molecule has 5 nitrogen and oxygen atoms in total. The first kappa shape index (κ1) is 22.0. The molecule has 0 bridgehead atoms. The average Bonchev–Trinajstić information content (AvgIpc) is 3.00. The highest BCUT2D eigenvalue weighted by Gasteiger charge is 2.45. The van der Waals surface area contributed by atoms with Gasteiger partial charge in [-0.15, -0.1) is 0 Å². The molecule has 0 saturated heterocycles. The topological polar surface area (TPSA) is 78.4 Å². The molecule has 1 fully saturated rings. The summed E-state index contributed by atoms with van der Waals surface area (Å²) in [6, 6.07) is 11.2. The van der Waals surface area contributed by atoms with Gasteiger partial charge in [0.1, 0.15) is 11.3 Å². The molecule has 3 N–H and O–H groups in total. The maximum atomic E-state index is 14.1. The van der Waals surface area contributed by atoms with E-state index in [0.29, 0.717) is 11.6 Å². The van der Waals surface area contributed by atoms with Crippen LogP contribution in [-0.4, -0.2) is 22.5 Å². The lowest BCUT2D eigenvalue weighted by atomic mass is 9.84. The average molecular weight is 440 g/mol. The summed E-state index contributed by atoms with van der Waals surface area (Å²) in [6.07, 6.45) is 5.85. The Kier molecular flexibility index (Phi) is 6.00. The van der Waals surface area contributed by atoms with Gasteiger partial charge in [0, 0.05) is 12.1 Å². The van der Waals surface area contributed by atoms with Gasteiger partial charge in [0.2, 0.25) is 0 Å². The fourth-order valence-electron chi connectivity index (χ4n) is 4.63. The molecule has 1 aliphatic heterocycles. The number of hydrogen-bond donors (Lipinski definition) is 3. The third-order valence-electron chi connectivity index (χ3n) is 6.42. The van der Waals surface area contributed by atoms with Crippen molar-refractivity contribution in [2.45, 2.75) is 56.9 Å². The van der Waals surface area contributed by atoms with E-state index in [1.807, 2.05) is 12.1 Å². The molecular weight excluding hydrogens is 414 g/mol. The Morgan fingerprint density at radius 3 is 2.50 bits per heavy atom. The van der Waals surface area contributed by atoms with Crippen molar-refractivity contribution in [3.63, 3.8) is 0 Å². The summed E-state index contributed by atoms with van der Waals surface area (Å²) in [5.41, 5.74) is -0.135. The lowest BCUT2D eigenvalue weighted by Crippen LogP contribution is -2.44. The molecule has 2 aliphatic rings. The highest BCUT2D eigenvalue weighted by molar-refractivity contribution is 6.24. The van der Waals surface area contributed by atoms with Crippen molar-refractivity contribution in [2.24, 2.45) is 0 Å². The van der Waals surface area contributed by atoms with Gasteiger partial charge in [-0.25, -0.2) is 8.78 Å². The zero-order chi connectivity index (χ0) is 22.9. The summed E-state index contributed by atoms with van der Waals surface area (Å²) in [4.78, 5) is 25.2. The Balaban J connectivity index is 1.50. The molecular formula is C25H26F2N2O3. The normalized spacial score (nSPS) is 21.5. The molecule has 1 unspecified atom stereocenters. The molecule has 7 heteroatoms. The number of amides is 2. The maximum absolute atomic E-state index is 14.1. The minimum absolute atomic E-state index is 0.0145. The zero-order valence-electron chi connectivity index (χ0n) is 17.9. The Hall–Kier alpha value is -3.22. The van der Waals surface area contributed by atoms with Crippen molar-refractivity contribution in [3.05, 3.63) is 76.6 Å². The van der Waals surface area contributed by atoms with Gasteiger partial charge >= 0.3 is 0 Å². The Morgan fingerprint density at radius 1 is 1.12 bits per heavy atom. The van der Waals surface area contributed by atoms with Gasteiger partial charge in [-0.1, -0.05) is 43.5 Å². The van der Waals surface area contributed by atoms with Gasteiger partial charge < -0.3 is 15.7 Å². The summed E-state index contributed by atoms with van der Waals surface area (Å²) in [7, 11) is 0. The molecule has 1 saturated carbocycles. The summed E-state index contributed by atoms with van der Waals surface area (Å²) in [5, 5.41) is 15.9. The van der Waals surface area contributed by atoms with Gasteiger partial charge in [0.05, 0.1) is 5.54 Å². The van der Waals surface area contributed by atoms with Crippen LogP contribution in [0.3, 0.4) is 0 Å². The highest BCUT2D eigenvalue weighted by atomic mass is 19.2. The van der Waals surface area contributed by atoms with Crippen LogP contribution in [0.5, 0.6) is 0 Å². The number of anilines is 1. The van der Waals surface area contributed by atoms with Crippen LogP contribution >= 0.6 is 0 Å². The number of hydrogen-bond acceptors (Lipinski definition) is 3. The second-order valence-corrected chi connectivity index (χ2v) is 8.81. The van der Waals surface area contributed by atoms with Crippen LogP contribution in [-0.2, 0) is 16.0 Å². The molecule has 2 aromatic carbocycles. The smallest absolute Gasteiger partial charge is 0.264 e. The molecule has 2 aromatic rings. The van der Waals surface area contributed by atoms with E-state index in [-0.39, 0.29) is 12.0 Å². The molecule has 32 heavy (non-hydrogen) atoms. The summed E-state index contributed by atoms with van der Waals surface area (Å²) in [5.74, 6) is -3.56. The SMILES string of the molecule is CC1(Cc2cccc(F)c2F)NC(=O)C(C(=O)Nc2ccc(C3CCCCC3)cc2)=C1O. The van der Waals surface area contributed by atoms with Crippen LogP contribution in [0.15, 0.2) is 53.8 Å². The number of carbonyl (C=O) groups excluding carboxylic acids is 2. The lowest BCUT2D eigenvalue weighted by Gasteiger charge is -2.25. The van der Waals surface area contributed by atoms with Crippen molar-refractivity contribution < 1.29 is 23.5 Å². The molecule has 4 rings (SSSR count). The number of nitrogens with one attached hydrogen (secondary N) is 2. The van der Waals surface area contributed by atoms with Crippen LogP contribution in [0.2, 0.25) is 0 Å². The first-order chi connectivity index (χ1) is 15.3. The van der Waals surface area contributed by atoms with Gasteiger partial charge in [-0.2, -0.15) is 0 Å². The van der Waals surface area contributed by atoms with E-state index in [0.717, 1.165) is 18.9 Å². The third kappa shape index (κ3) is 4.24. The van der Waals surface area contributed by atoms with Crippen molar-refractivity contribution >= 4 is 17.5 Å². The minimum atomic E-state index is -1.43. The van der Waals surface area contributed by atoms with E-state index in [9.17, 15) is 23.5 Å². The predicted molar refractivity (Wildman–Crippen MR) is 117 cm³/mol. The minimum Gasteiger partial charge on any atom is -0.509 e. The molecule has 0 aromatic heterocycles. The van der Waals surface area contributed by atoms with Crippen LogP contribution < -0.4 is 10.6 Å². The zero-order valence-corrected chi connectivity index (χ0v) is 17.9. The van der Waals surface area contributed by atoms with E-state index in [1.54, 1.807) is 12.1 Å². The van der Waals surface area contributed by atoms with Gasteiger partial charge in [0.25, 0.3) is 11.8 Å². The number of aliphatic hydroxyl groups excluding tert-OH is 1. The van der Waals surface area contributed by atoms with E-state index in [4.69, 9.17) is 0 Å². The molecule has 0 radical (unpaired) electrons. The highest BCUT2D eigenvalue weighted by Crippen LogP contribution is 2.34. The fraction of sp³-hybridized carbons (Fsp3) is 0.360. The predicted octanol–water partition coefficient (Wildman–Crippen LogP) is 4.89.